The molecule has 2 unspecified atom stereocenters. The van der Waals surface area contributed by atoms with E-state index in [1.807, 2.05) is 0 Å². The molecule has 2 heteroatoms. The molecule has 6 rings (SSSR count). The Morgan fingerprint density at radius 3 is 1.45 bits per heavy atom. The SMILES string of the molecule is CCCC[Si](C)=[Hf]([CH3])([CH3])([CH]1C=Cc2c(-c3cccc(C(C)(C)C)c3)cccc21)[CH]1C=Cc2c(-c3cccc(C(C)(C)C)c3)cccc21. The average molecular weight is 804 g/mol. The molecule has 47 heavy (non-hydrogen) atoms. The Morgan fingerprint density at radius 1 is 0.617 bits per heavy atom. The summed E-state index contributed by atoms with van der Waals surface area (Å²) in [5.41, 5.74) is 14.1. The van der Waals surface area contributed by atoms with Crippen molar-refractivity contribution in [1.29, 1.82) is 0 Å². The normalized spacial score (nSPS) is 17.6. The number of hydrogen-bond donors (Lipinski definition) is 0. The molecule has 0 saturated carbocycles. The van der Waals surface area contributed by atoms with Gasteiger partial charge >= 0.3 is 289 Å². The average Bonchev–Trinajstić information content (AvgIpc) is 3.69. The molecule has 0 spiro atoms. The molecule has 0 heterocycles. The van der Waals surface area contributed by atoms with Crippen LogP contribution < -0.4 is 0 Å². The molecule has 4 aromatic rings. The van der Waals surface area contributed by atoms with Crippen molar-refractivity contribution < 1.29 is 17.1 Å². The van der Waals surface area contributed by atoms with Gasteiger partial charge in [0.05, 0.1) is 0 Å². The second kappa shape index (κ2) is 12.4. The molecule has 0 bridgehead atoms. The van der Waals surface area contributed by atoms with Crippen LogP contribution in [0.15, 0.2) is 97.1 Å². The summed E-state index contributed by atoms with van der Waals surface area (Å²) >= 11 is -3.85. The van der Waals surface area contributed by atoms with Gasteiger partial charge in [-0.3, -0.25) is 0 Å². The number of benzene rings is 4. The van der Waals surface area contributed by atoms with Crippen LogP contribution in [0.2, 0.25) is 22.0 Å². The molecule has 244 valence electrons. The van der Waals surface area contributed by atoms with E-state index in [1.54, 1.807) is 11.1 Å². The topological polar surface area (TPSA) is 0 Å². The predicted molar refractivity (Wildman–Crippen MR) is 208 cm³/mol. The summed E-state index contributed by atoms with van der Waals surface area (Å²) < 4.78 is 6.87. The van der Waals surface area contributed by atoms with Gasteiger partial charge in [0.1, 0.15) is 0 Å². The van der Waals surface area contributed by atoms with Crippen LogP contribution in [0.4, 0.5) is 0 Å². The van der Waals surface area contributed by atoms with Crippen LogP contribution in [0.3, 0.4) is 0 Å². The van der Waals surface area contributed by atoms with E-state index in [0.29, 0.717) is 7.35 Å². The number of fused-ring (bicyclic) bond motifs is 2. The van der Waals surface area contributed by atoms with Crippen LogP contribution in [0.5, 0.6) is 0 Å². The fourth-order valence-corrected chi connectivity index (χ4v) is 52.3. The maximum atomic E-state index is 2.88. The minimum absolute atomic E-state index is 0.128. The Kier molecular flexibility index (Phi) is 9.05. The summed E-state index contributed by atoms with van der Waals surface area (Å²) in [7, 11) is 0. The van der Waals surface area contributed by atoms with E-state index in [-0.39, 0.29) is 10.8 Å². The molecular formula is C45H56HfSi. The van der Waals surface area contributed by atoms with E-state index in [9.17, 15) is 0 Å². The molecule has 0 fully saturated rings. The first-order valence-electron chi connectivity index (χ1n) is 18.0. The van der Waals surface area contributed by atoms with Crippen LogP contribution in [0.1, 0.15) is 102 Å². The van der Waals surface area contributed by atoms with Gasteiger partial charge in [0.15, 0.2) is 0 Å². The van der Waals surface area contributed by atoms with Gasteiger partial charge in [-0.2, -0.15) is 0 Å². The second-order valence-electron chi connectivity index (χ2n) is 17.4. The fourth-order valence-electron chi connectivity index (χ4n) is 8.59. The Labute approximate surface area is 287 Å². The van der Waals surface area contributed by atoms with Crippen molar-refractivity contribution >= 4 is 17.6 Å². The molecular weight excluding hydrogens is 747 g/mol. The van der Waals surface area contributed by atoms with Crippen molar-refractivity contribution in [3.63, 3.8) is 0 Å². The molecule has 2 aliphatic rings. The van der Waals surface area contributed by atoms with Crippen molar-refractivity contribution in [3.05, 3.63) is 130 Å². The maximum absolute atomic E-state index is 3.85. The van der Waals surface area contributed by atoms with Crippen LogP contribution in [-0.4, -0.2) is 5.49 Å². The van der Waals surface area contributed by atoms with E-state index < -0.39 is 22.6 Å². The molecule has 0 radical (unpaired) electrons. The Morgan fingerprint density at radius 2 is 1.04 bits per heavy atom. The van der Waals surface area contributed by atoms with E-state index in [4.69, 9.17) is 0 Å². The van der Waals surface area contributed by atoms with Gasteiger partial charge < -0.3 is 0 Å². The zero-order chi connectivity index (χ0) is 33.8. The van der Waals surface area contributed by atoms with Crippen molar-refractivity contribution in [2.24, 2.45) is 0 Å². The van der Waals surface area contributed by atoms with E-state index in [2.05, 4.69) is 174 Å². The summed E-state index contributed by atoms with van der Waals surface area (Å²) in [5.74, 6) is 0. The van der Waals surface area contributed by atoms with E-state index in [1.165, 1.54) is 63.4 Å². The Bertz CT molecular complexity index is 1830. The molecule has 2 atom stereocenters. The monoisotopic (exact) mass is 804 g/mol. The van der Waals surface area contributed by atoms with Crippen molar-refractivity contribution in [2.45, 2.75) is 101 Å². The molecule has 0 amide bonds. The van der Waals surface area contributed by atoms with Crippen LogP contribution in [-0.2, 0) is 28.0 Å². The van der Waals surface area contributed by atoms with E-state index >= 15 is 0 Å². The Balaban J connectivity index is 1.51. The quantitative estimate of drug-likeness (QED) is 0.163. The summed E-state index contributed by atoms with van der Waals surface area (Å²) in [6.45, 7) is 19.0. The molecule has 0 aliphatic heterocycles. The molecule has 0 N–H and O–H groups in total. The van der Waals surface area contributed by atoms with Crippen LogP contribution in [0.25, 0.3) is 34.4 Å². The predicted octanol–water partition coefficient (Wildman–Crippen LogP) is 13.7. The third-order valence-corrected chi connectivity index (χ3v) is 70.1. The van der Waals surface area contributed by atoms with Crippen molar-refractivity contribution in [3.8, 4) is 22.3 Å². The molecule has 4 aromatic carbocycles. The van der Waals surface area contributed by atoms with Gasteiger partial charge in [-0.1, -0.05) is 0 Å². The Hall–Kier alpha value is -2.55. The number of allylic oxidation sites excluding steroid dienone is 2. The van der Waals surface area contributed by atoms with Gasteiger partial charge in [-0.05, 0) is 0 Å². The van der Waals surface area contributed by atoms with Crippen LogP contribution in [0, 0.1) is 0 Å². The number of unbranched alkanes of at least 4 members (excludes halogenated alkanes) is 1. The first-order chi connectivity index (χ1) is 22.1. The summed E-state index contributed by atoms with van der Waals surface area (Å²) in [6, 6.07) is 34.4. The molecule has 2 aliphatic carbocycles. The van der Waals surface area contributed by atoms with E-state index in [0.717, 1.165) is 0 Å². The van der Waals surface area contributed by atoms with Gasteiger partial charge in [-0.15, -0.1) is 0 Å². The zero-order valence-electron chi connectivity index (χ0n) is 30.7. The zero-order valence-corrected chi connectivity index (χ0v) is 35.3. The third-order valence-electron chi connectivity index (χ3n) is 12.1. The number of hydrogen-bond acceptors (Lipinski definition) is 0. The minimum atomic E-state index is -3.85. The third kappa shape index (κ3) is 6.01. The van der Waals surface area contributed by atoms with Crippen molar-refractivity contribution in [1.82, 2.24) is 0 Å². The fraction of sp³-hybridized carbons (Fsp3) is 0.378. The van der Waals surface area contributed by atoms with Gasteiger partial charge in [-0.25, -0.2) is 0 Å². The summed E-state index contributed by atoms with van der Waals surface area (Å²) in [5, 5.41) is 0. The summed E-state index contributed by atoms with van der Waals surface area (Å²) in [4.78, 5) is 0. The molecule has 0 saturated heterocycles. The van der Waals surface area contributed by atoms with Gasteiger partial charge in [0, 0.05) is 0 Å². The standard InChI is InChI=1S/2C19H19.C5H12Si.2CH3.Hf/c2*1-19(2,3)16-10-4-9-15(13-16)18-12-6-8-14-7-5-11-17(14)18;1-3-4-5-6-2;;;/h2*4-13H,1-3H3;3-5H2,1-2H3;2*1H3;. The van der Waals surface area contributed by atoms with Crippen molar-refractivity contribution in [2.75, 3.05) is 0 Å². The van der Waals surface area contributed by atoms with Crippen LogP contribution >= 0.6 is 0 Å². The number of rotatable bonds is 7. The first kappa shape index (κ1) is 34.3. The molecule has 0 nitrogen and oxygen atoms in total. The summed E-state index contributed by atoms with van der Waals surface area (Å²) in [6.07, 6.45) is 13.0. The van der Waals surface area contributed by atoms with Gasteiger partial charge in [0.2, 0.25) is 0 Å². The van der Waals surface area contributed by atoms with Gasteiger partial charge in [0.25, 0.3) is 0 Å². The second-order valence-corrected chi connectivity index (χ2v) is 64.8. The molecule has 0 aromatic heterocycles. The first-order valence-corrected chi connectivity index (χ1v) is 36.9.